The standard InChI is InChI=1S/C14H20N2O.C10H15NO/c1-15(2)8-7-11-10-16(3)14-9-12(17-4)5-6-13(11)14;1-10(2,3)11-6-4-5-9(7-11)8-12/h5-6,9-10H,7-8H2,1-4H3;4,6-8H,5H2,1-3H3. The molecule has 0 unspecified atom stereocenters. The van der Waals surface area contributed by atoms with Crippen LogP contribution in [0.15, 0.2) is 48.4 Å². The molecule has 5 heteroatoms. The summed E-state index contributed by atoms with van der Waals surface area (Å²) in [5, 5.41) is 1.33. The molecule has 0 saturated heterocycles. The van der Waals surface area contributed by atoms with Gasteiger partial charge in [0.1, 0.15) is 12.0 Å². The Morgan fingerprint density at radius 1 is 1.24 bits per heavy atom. The molecule has 29 heavy (non-hydrogen) atoms. The van der Waals surface area contributed by atoms with Gasteiger partial charge in [-0.25, -0.2) is 0 Å². The lowest BCUT2D eigenvalue weighted by Crippen LogP contribution is -2.34. The van der Waals surface area contributed by atoms with Gasteiger partial charge in [0, 0.05) is 54.8 Å². The number of hydrogen-bond acceptors (Lipinski definition) is 4. The summed E-state index contributed by atoms with van der Waals surface area (Å²) in [4.78, 5) is 14.8. The molecule has 0 aliphatic carbocycles. The number of carbonyl (C=O) groups is 1. The number of aryl methyl sites for hydroxylation is 1. The van der Waals surface area contributed by atoms with Crippen molar-refractivity contribution < 1.29 is 9.53 Å². The fourth-order valence-electron chi connectivity index (χ4n) is 3.19. The van der Waals surface area contributed by atoms with E-state index in [9.17, 15) is 4.79 Å². The minimum absolute atomic E-state index is 0.0607. The van der Waals surface area contributed by atoms with Gasteiger partial charge in [-0.15, -0.1) is 0 Å². The largest absolute Gasteiger partial charge is 0.497 e. The molecular weight excluding hydrogens is 362 g/mol. The topological polar surface area (TPSA) is 37.7 Å². The van der Waals surface area contributed by atoms with E-state index in [1.165, 1.54) is 16.5 Å². The summed E-state index contributed by atoms with van der Waals surface area (Å²) in [6.45, 7) is 7.41. The Morgan fingerprint density at radius 3 is 2.55 bits per heavy atom. The van der Waals surface area contributed by atoms with Crippen molar-refractivity contribution in [2.45, 2.75) is 39.2 Å². The van der Waals surface area contributed by atoms with Gasteiger partial charge in [-0.3, -0.25) is 4.79 Å². The summed E-state index contributed by atoms with van der Waals surface area (Å²) in [7, 11) is 8.00. The van der Waals surface area contributed by atoms with Crippen LogP contribution < -0.4 is 4.74 Å². The maximum Gasteiger partial charge on any atom is 0.147 e. The molecule has 0 fully saturated rings. The minimum Gasteiger partial charge on any atom is -0.497 e. The first-order chi connectivity index (χ1) is 13.7. The third kappa shape index (κ3) is 6.23. The number of hydrogen-bond donors (Lipinski definition) is 0. The highest BCUT2D eigenvalue weighted by Crippen LogP contribution is 2.25. The van der Waals surface area contributed by atoms with E-state index in [2.05, 4.69) is 74.6 Å². The summed E-state index contributed by atoms with van der Waals surface area (Å²) in [6.07, 6.45) is 10.9. The van der Waals surface area contributed by atoms with Gasteiger partial charge in [0.25, 0.3) is 0 Å². The van der Waals surface area contributed by atoms with Crippen molar-refractivity contribution in [2.75, 3.05) is 27.7 Å². The number of methoxy groups -OCH3 is 1. The average molecular weight is 398 g/mol. The number of nitrogens with zero attached hydrogens (tertiary/aromatic N) is 3. The van der Waals surface area contributed by atoms with Crippen molar-refractivity contribution in [1.82, 2.24) is 14.4 Å². The van der Waals surface area contributed by atoms with E-state index in [-0.39, 0.29) is 5.54 Å². The highest BCUT2D eigenvalue weighted by Gasteiger charge is 2.18. The zero-order valence-corrected chi connectivity index (χ0v) is 18.9. The van der Waals surface area contributed by atoms with Crippen LogP contribution in [-0.2, 0) is 18.3 Å². The summed E-state index contributed by atoms with van der Waals surface area (Å²) in [5.41, 5.74) is 3.54. The molecule has 0 radical (unpaired) electrons. The molecule has 0 atom stereocenters. The zero-order chi connectivity index (χ0) is 21.6. The van der Waals surface area contributed by atoms with E-state index < -0.39 is 0 Å². The van der Waals surface area contributed by atoms with Crippen LogP contribution in [-0.4, -0.2) is 53.9 Å². The molecule has 1 aliphatic rings. The molecule has 0 spiro atoms. The number of aldehydes is 1. The number of benzene rings is 1. The predicted octanol–water partition coefficient (Wildman–Crippen LogP) is 4.38. The first-order valence-electron chi connectivity index (χ1n) is 10.0. The Hall–Kier alpha value is -2.53. The van der Waals surface area contributed by atoms with Crippen molar-refractivity contribution in [1.29, 1.82) is 0 Å². The predicted molar refractivity (Wildman–Crippen MR) is 121 cm³/mol. The van der Waals surface area contributed by atoms with Gasteiger partial charge in [0.15, 0.2) is 0 Å². The molecule has 5 nitrogen and oxygen atoms in total. The second kappa shape index (κ2) is 9.79. The molecule has 0 bridgehead atoms. The Morgan fingerprint density at radius 2 is 1.97 bits per heavy atom. The van der Waals surface area contributed by atoms with Crippen molar-refractivity contribution in [2.24, 2.45) is 7.05 Å². The zero-order valence-electron chi connectivity index (χ0n) is 18.9. The molecule has 1 aliphatic heterocycles. The molecule has 2 aromatic rings. The normalized spacial score (nSPS) is 13.9. The third-order valence-corrected chi connectivity index (χ3v) is 4.96. The Labute approximate surface area is 175 Å². The number of rotatable bonds is 5. The first kappa shape index (κ1) is 22.8. The SMILES string of the molecule is CC(C)(C)N1C=CCC(C=O)=C1.COc1ccc2c(CCN(C)C)cn(C)c2c1. The number of ether oxygens (including phenoxy) is 1. The fourth-order valence-corrected chi connectivity index (χ4v) is 3.19. The number of carbonyl (C=O) groups excluding carboxylic acids is 1. The monoisotopic (exact) mass is 397 g/mol. The highest BCUT2D eigenvalue weighted by atomic mass is 16.5. The van der Waals surface area contributed by atoms with Crippen LogP contribution in [0.4, 0.5) is 0 Å². The summed E-state index contributed by atoms with van der Waals surface area (Å²) < 4.78 is 7.43. The van der Waals surface area contributed by atoms with Crippen LogP contribution in [0.25, 0.3) is 10.9 Å². The van der Waals surface area contributed by atoms with E-state index in [1.54, 1.807) is 7.11 Å². The Kier molecular flexibility index (Phi) is 7.68. The highest BCUT2D eigenvalue weighted by molar-refractivity contribution is 5.85. The van der Waals surface area contributed by atoms with Gasteiger partial charge >= 0.3 is 0 Å². The van der Waals surface area contributed by atoms with Gasteiger partial charge in [0.2, 0.25) is 0 Å². The molecule has 0 amide bonds. The van der Waals surface area contributed by atoms with Crippen LogP contribution in [0.3, 0.4) is 0 Å². The summed E-state index contributed by atoms with van der Waals surface area (Å²) >= 11 is 0. The maximum absolute atomic E-state index is 10.5. The maximum atomic E-state index is 10.5. The fraction of sp³-hybridized carbons (Fsp3) is 0.458. The average Bonchev–Trinajstić information content (AvgIpc) is 3.01. The van der Waals surface area contributed by atoms with Gasteiger partial charge in [0.05, 0.1) is 12.6 Å². The Bertz CT molecular complexity index is 885. The van der Waals surface area contributed by atoms with Gasteiger partial charge < -0.3 is 19.1 Å². The second-order valence-electron chi connectivity index (χ2n) is 8.69. The summed E-state index contributed by atoms with van der Waals surface area (Å²) in [5.74, 6) is 0.915. The molecule has 158 valence electrons. The van der Waals surface area contributed by atoms with Gasteiger partial charge in [-0.05, 0) is 65.4 Å². The quantitative estimate of drug-likeness (QED) is 0.702. The van der Waals surface area contributed by atoms with E-state index in [0.29, 0.717) is 0 Å². The third-order valence-electron chi connectivity index (χ3n) is 4.96. The summed E-state index contributed by atoms with van der Waals surface area (Å²) in [6, 6.07) is 6.27. The number of allylic oxidation sites excluding steroid dienone is 2. The number of likely N-dealkylation sites (N-methyl/N-ethyl adjacent to an activating group) is 1. The lowest BCUT2D eigenvalue weighted by atomic mass is 10.0. The smallest absolute Gasteiger partial charge is 0.147 e. The molecule has 3 rings (SSSR count). The van der Waals surface area contributed by atoms with E-state index in [1.807, 2.05) is 24.5 Å². The lowest BCUT2D eigenvalue weighted by molar-refractivity contribution is -0.105. The first-order valence-corrected chi connectivity index (χ1v) is 10.0. The lowest BCUT2D eigenvalue weighted by Gasteiger charge is -2.33. The van der Waals surface area contributed by atoms with Crippen molar-refractivity contribution in [3.8, 4) is 5.75 Å². The van der Waals surface area contributed by atoms with Gasteiger partial charge in [-0.2, -0.15) is 0 Å². The van der Waals surface area contributed by atoms with Crippen molar-refractivity contribution in [3.63, 3.8) is 0 Å². The van der Waals surface area contributed by atoms with Crippen LogP contribution >= 0.6 is 0 Å². The molecule has 0 saturated carbocycles. The van der Waals surface area contributed by atoms with Crippen molar-refractivity contribution >= 4 is 17.2 Å². The molecule has 2 heterocycles. The molecule has 1 aromatic heterocycles. The Balaban J connectivity index is 0.000000221. The molecule has 0 N–H and O–H groups in total. The second-order valence-corrected chi connectivity index (χ2v) is 8.69. The number of aromatic nitrogens is 1. The van der Waals surface area contributed by atoms with Crippen LogP contribution in [0.1, 0.15) is 32.8 Å². The van der Waals surface area contributed by atoms with Gasteiger partial charge in [-0.1, -0.05) is 6.08 Å². The van der Waals surface area contributed by atoms with Crippen molar-refractivity contribution in [3.05, 3.63) is 54.0 Å². The minimum atomic E-state index is 0.0607. The van der Waals surface area contributed by atoms with Crippen LogP contribution in [0.2, 0.25) is 0 Å². The van der Waals surface area contributed by atoms with E-state index in [0.717, 1.165) is 37.0 Å². The molecular formula is C24H35N3O2. The van der Waals surface area contributed by atoms with E-state index in [4.69, 9.17) is 4.74 Å². The van der Waals surface area contributed by atoms with Crippen LogP contribution in [0.5, 0.6) is 5.75 Å². The number of fused-ring (bicyclic) bond motifs is 1. The molecule has 1 aromatic carbocycles. The van der Waals surface area contributed by atoms with Crippen LogP contribution in [0, 0.1) is 0 Å². The van der Waals surface area contributed by atoms with E-state index >= 15 is 0 Å².